The highest BCUT2D eigenvalue weighted by atomic mass is 16.5. The van der Waals surface area contributed by atoms with Crippen molar-refractivity contribution in [3.05, 3.63) is 53.9 Å². The number of fused-ring (bicyclic) bond motifs is 3. The Morgan fingerprint density at radius 3 is 2.67 bits per heavy atom. The van der Waals surface area contributed by atoms with Crippen LogP contribution in [-0.2, 0) is 6.42 Å². The second-order valence-electron chi connectivity index (χ2n) is 6.49. The van der Waals surface area contributed by atoms with E-state index < -0.39 is 0 Å². The number of H-pyrrole nitrogens is 1. The number of nitrogens with one attached hydrogen (secondary N) is 2. The van der Waals surface area contributed by atoms with Crippen molar-refractivity contribution in [2.45, 2.75) is 13.3 Å². The zero-order chi connectivity index (χ0) is 18.8. The van der Waals surface area contributed by atoms with Crippen molar-refractivity contribution < 1.29 is 9.47 Å². The summed E-state index contributed by atoms with van der Waals surface area (Å²) in [5, 5.41) is 4.54. The molecule has 0 saturated heterocycles. The van der Waals surface area contributed by atoms with E-state index in [9.17, 15) is 0 Å². The molecule has 0 aliphatic heterocycles. The average Bonchev–Trinajstić information content (AvgIpc) is 3.06. The Morgan fingerprint density at radius 2 is 1.85 bits per heavy atom. The Bertz CT molecular complexity index is 1100. The number of benzene rings is 2. The van der Waals surface area contributed by atoms with Gasteiger partial charge in [0.1, 0.15) is 17.4 Å². The third-order valence-electron chi connectivity index (χ3n) is 4.69. The molecule has 0 amide bonds. The molecule has 0 bridgehead atoms. The molecule has 0 aliphatic rings. The monoisotopic (exact) mass is 362 g/mol. The van der Waals surface area contributed by atoms with Crippen LogP contribution in [0.15, 0.2) is 42.7 Å². The van der Waals surface area contributed by atoms with Crippen molar-refractivity contribution in [3.8, 4) is 11.5 Å². The van der Waals surface area contributed by atoms with Gasteiger partial charge >= 0.3 is 0 Å². The zero-order valence-corrected chi connectivity index (χ0v) is 15.7. The van der Waals surface area contributed by atoms with Crippen molar-refractivity contribution in [1.82, 2.24) is 15.0 Å². The van der Waals surface area contributed by atoms with Gasteiger partial charge in [0, 0.05) is 17.4 Å². The first kappa shape index (κ1) is 17.1. The molecule has 2 aromatic carbocycles. The van der Waals surface area contributed by atoms with Crippen LogP contribution in [0.5, 0.6) is 11.5 Å². The van der Waals surface area contributed by atoms with Gasteiger partial charge in [-0.05, 0) is 43.2 Å². The van der Waals surface area contributed by atoms with Crippen LogP contribution in [0.1, 0.15) is 11.1 Å². The minimum atomic E-state index is 0.736. The van der Waals surface area contributed by atoms with E-state index in [0.29, 0.717) is 0 Å². The second-order valence-corrected chi connectivity index (χ2v) is 6.49. The van der Waals surface area contributed by atoms with Gasteiger partial charge in [-0.2, -0.15) is 0 Å². The highest BCUT2D eigenvalue weighted by Crippen LogP contribution is 2.29. The van der Waals surface area contributed by atoms with Gasteiger partial charge in [-0.1, -0.05) is 17.7 Å². The van der Waals surface area contributed by atoms with Gasteiger partial charge in [-0.15, -0.1) is 0 Å². The fourth-order valence-electron chi connectivity index (χ4n) is 3.30. The van der Waals surface area contributed by atoms with E-state index in [0.717, 1.165) is 57.8 Å². The molecule has 6 nitrogen and oxygen atoms in total. The molecule has 6 heteroatoms. The van der Waals surface area contributed by atoms with E-state index in [4.69, 9.17) is 9.47 Å². The summed E-state index contributed by atoms with van der Waals surface area (Å²) in [4.78, 5) is 12.3. The van der Waals surface area contributed by atoms with Crippen LogP contribution in [0.2, 0.25) is 0 Å². The first-order valence-electron chi connectivity index (χ1n) is 8.87. The average molecular weight is 362 g/mol. The molecule has 0 radical (unpaired) electrons. The minimum Gasteiger partial charge on any atom is -0.493 e. The number of aromatic nitrogens is 3. The Morgan fingerprint density at radius 1 is 1.00 bits per heavy atom. The number of hydrogen-bond acceptors (Lipinski definition) is 5. The van der Waals surface area contributed by atoms with Gasteiger partial charge in [0.15, 0.2) is 17.3 Å². The topological polar surface area (TPSA) is 72.1 Å². The summed E-state index contributed by atoms with van der Waals surface area (Å²) in [6, 6.07) is 12.3. The van der Waals surface area contributed by atoms with Crippen molar-refractivity contribution in [2.24, 2.45) is 0 Å². The molecular formula is C21H22N4O2. The van der Waals surface area contributed by atoms with Gasteiger partial charge in [-0.3, -0.25) is 0 Å². The number of ether oxygens (including phenoxy) is 2. The van der Waals surface area contributed by atoms with Gasteiger partial charge in [0.05, 0.1) is 14.2 Å². The van der Waals surface area contributed by atoms with Crippen molar-refractivity contribution in [3.63, 3.8) is 0 Å². The van der Waals surface area contributed by atoms with E-state index in [2.05, 4.69) is 45.4 Å². The molecule has 138 valence electrons. The van der Waals surface area contributed by atoms with Crippen molar-refractivity contribution in [2.75, 3.05) is 26.1 Å². The van der Waals surface area contributed by atoms with E-state index in [1.165, 1.54) is 5.56 Å². The van der Waals surface area contributed by atoms with Crippen molar-refractivity contribution >= 4 is 27.8 Å². The molecular weight excluding hydrogens is 340 g/mol. The molecule has 2 N–H and O–H groups in total. The minimum absolute atomic E-state index is 0.736. The maximum Gasteiger partial charge on any atom is 0.160 e. The fraction of sp³-hybridized carbons (Fsp3) is 0.238. The maximum absolute atomic E-state index is 5.37. The Hall–Kier alpha value is -3.28. The highest BCUT2D eigenvalue weighted by molar-refractivity contribution is 6.08. The van der Waals surface area contributed by atoms with Crippen LogP contribution in [-0.4, -0.2) is 35.7 Å². The molecule has 0 spiro atoms. The van der Waals surface area contributed by atoms with Gasteiger partial charge in [-0.25, -0.2) is 9.97 Å². The maximum atomic E-state index is 5.37. The van der Waals surface area contributed by atoms with Gasteiger partial charge in [0.2, 0.25) is 0 Å². The molecule has 27 heavy (non-hydrogen) atoms. The molecule has 0 aliphatic carbocycles. The summed E-state index contributed by atoms with van der Waals surface area (Å²) in [5.74, 6) is 2.29. The summed E-state index contributed by atoms with van der Waals surface area (Å²) in [6.45, 7) is 2.83. The lowest BCUT2D eigenvalue weighted by molar-refractivity contribution is 0.354. The lowest BCUT2D eigenvalue weighted by Gasteiger charge is -2.10. The molecule has 2 aromatic heterocycles. The fourth-order valence-corrected chi connectivity index (χ4v) is 3.30. The summed E-state index contributed by atoms with van der Waals surface area (Å²) < 4.78 is 10.7. The molecule has 0 saturated carbocycles. The Labute approximate surface area is 157 Å². The smallest absolute Gasteiger partial charge is 0.160 e. The van der Waals surface area contributed by atoms with E-state index in [-0.39, 0.29) is 0 Å². The summed E-state index contributed by atoms with van der Waals surface area (Å²) in [5.41, 5.74) is 5.32. The van der Waals surface area contributed by atoms with Crippen LogP contribution >= 0.6 is 0 Å². The number of hydrogen-bond donors (Lipinski definition) is 2. The molecule has 0 atom stereocenters. The number of aromatic amines is 1. The van der Waals surface area contributed by atoms with Crippen LogP contribution in [0, 0.1) is 6.92 Å². The quantitative estimate of drug-likeness (QED) is 0.540. The summed E-state index contributed by atoms with van der Waals surface area (Å²) in [7, 11) is 3.29. The number of aryl methyl sites for hydroxylation is 1. The normalized spacial score (nSPS) is 11.1. The third-order valence-corrected chi connectivity index (χ3v) is 4.69. The highest BCUT2D eigenvalue weighted by Gasteiger charge is 2.11. The lowest BCUT2D eigenvalue weighted by Crippen LogP contribution is -2.07. The van der Waals surface area contributed by atoms with Gasteiger partial charge < -0.3 is 19.8 Å². The Balaban J connectivity index is 1.55. The number of anilines is 1. The molecule has 2 heterocycles. The summed E-state index contributed by atoms with van der Waals surface area (Å²) >= 11 is 0. The molecule has 4 aromatic rings. The van der Waals surface area contributed by atoms with E-state index >= 15 is 0 Å². The van der Waals surface area contributed by atoms with E-state index in [1.807, 2.05) is 18.2 Å². The van der Waals surface area contributed by atoms with Crippen LogP contribution < -0.4 is 14.8 Å². The van der Waals surface area contributed by atoms with E-state index in [1.54, 1.807) is 20.5 Å². The molecule has 0 unspecified atom stereocenters. The van der Waals surface area contributed by atoms with Crippen LogP contribution in [0.3, 0.4) is 0 Å². The van der Waals surface area contributed by atoms with Gasteiger partial charge in [0.25, 0.3) is 0 Å². The SMILES string of the molecule is COc1ccc(CCNc2ncnc3c2[nH]c2ccc(C)cc23)cc1OC. The van der Waals surface area contributed by atoms with Crippen LogP contribution in [0.25, 0.3) is 21.9 Å². The standard InChI is InChI=1S/C21H22N4O2/c1-13-4-6-16-15(10-13)19-20(25-16)21(24-12-23-19)22-9-8-14-5-7-17(26-2)18(11-14)27-3/h4-7,10-12,25H,8-9H2,1-3H3,(H,22,23,24). The molecule has 0 fully saturated rings. The number of rotatable bonds is 6. The number of methoxy groups -OCH3 is 2. The largest absolute Gasteiger partial charge is 0.493 e. The van der Waals surface area contributed by atoms with Crippen LogP contribution in [0.4, 0.5) is 5.82 Å². The molecule has 4 rings (SSSR count). The lowest BCUT2D eigenvalue weighted by atomic mass is 10.1. The first-order valence-corrected chi connectivity index (χ1v) is 8.87. The first-order chi connectivity index (χ1) is 13.2. The predicted molar refractivity (Wildman–Crippen MR) is 108 cm³/mol. The number of nitrogens with zero attached hydrogens (tertiary/aromatic N) is 2. The second kappa shape index (κ2) is 7.15. The Kier molecular flexibility index (Phi) is 4.54. The van der Waals surface area contributed by atoms with Crippen molar-refractivity contribution in [1.29, 1.82) is 0 Å². The predicted octanol–water partition coefficient (Wildman–Crippen LogP) is 4.09. The summed E-state index contributed by atoms with van der Waals surface area (Å²) in [6.07, 6.45) is 2.45. The third kappa shape index (κ3) is 3.26. The zero-order valence-electron chi connectivity index (χ0n) is 15.7.